The van der Waals surface area contributed by atoms with Crippen molar-refractivity contribution >= 4 is 11.6 Å². The summed E-state index contributed by atoms with van der Waals surface area (Å²) in [6.07, 6.45) is 1.56. The Kier molecular flexibility index (Phi) is 5.12. The molecule has 21 heavy (non-hydrogen) atoms. The molecule has 2 N–H and O–H groups in total. The summed E-state index contributed by atoms with van der Waals surface area (Å²) in [6.45, 7) is 1.66. The van der Waals surface area contributed by atoms with E-state index in [1.807, 2.05) is 6.92 Å². The lowest BCUT2D eigenvalue weighted by atomic mass is 9.92. The molecule has 1 aromatic rings. The number of benzene rings is 1. The highest BCUT2D eigenvalue weighted by Gasteiger charge is 2.24. The summed E-state index contributed by atoms with van der Waals surface area (Å²) in [7, 11) is 0. The van der Waals surface area contributed by atoms with E-state index in [4.69, 9.17) is 0 Å². The molecule has 2 rings (SSSR count). The molecule has 0 saturated carbocycles. The molecule has 1 saturated heterocycles. The zero-order valence-electron chi connectivity index (χ0n) is 12.2. The summed E-state index contributed by atoms with van der Waals surface area (Å²) in [4.78, 5) is 12.2. The fourth-order valence-electron chi connectivity index (χ4n) is 2.52. The topological polar surface area (TPSA) is 50.4 Å². The Morgan fingerprint density at radius 3 is 2.90 bits per heavy atom. The lowest BCUT2D eigenvalue weighted by Crippen LogP contribution is -2.40. The third-order valence-electron chi connectivity index (χ3n) is 3.67. The van der Waals surface area contributed by atoms with Gasteiger partial charge in [0.25, 0.3) is 0 Å². The van der Waals surface area contributed by atoms with Crippen LogP contribution in [0.4, 0.5) is 14.5 Å². The van der Waals surface area contributed by atoms with Gasteiger partial charge in [-0.2, -0.15) is 8.78 Å². The van der Waals surface area contributed by atoms with Crippen molar-refractivity contribution in [2.45, 2.75) is 39.3 Å². The number of nitrogens with one attached hydrogen (secondary N) is 2. The smallest absolute Gasteiger partial charge is 0.387 e. The highest BCUT2D eigenvalue weighted by atomic mass is 19.3. The van der Waals surface area contributed by atoms with E-state index in [0.717, 1.165) is 19.4 Å². The van der Waals surface area contributed by atoms with Gasteiger partial charge in [0.1, 0.15) is 5.75 Å². The van der Waals surface area contributed by atoms with E-state index in [0.29, 0.717) is 17.3 Å². The zero-order chi connectivity index (χ0) is 15.4. The molecule has 116 valence electrons. The summed E-state index contributed by atoms with van der Waals surface area (Å²) in [6, 6.07) is 5.09. The molecule has 0 spiro atoms. The van der Waals surface area contributed by atoms with Gasteiger partial charge in [-0.1, -0.05) is 6.07 Å². The largest absolute Gasteiger partial charge is 0.434 e. The van der Waals surface area contributed by atoms with Gasteiger partial charge in [0.15, 0.2) is 0 Å². The fourth-order valence-corrected chi connectivity index (χ4v) is 2.52. The highest BCUT2D eigenvalue weighted by Crippen LogP contribution is 2.25. The number of rotatable bonds is 4. The third-order valence-corrected chi connectivity index (χ3v) is 3.67. The number of ether oxygens (including phenoxy) is 1. The second-order valence-corrected chi connectivity index (χ2v) is 5.42. The Labute approximate surface area is 122 Å². The normalized spacial score (nSPS) is 22.1. The monoisotopic (exact) mass is 298 g/mol. The molecule has 0 unspecified atom stereocenters. The molecule has 4 nitrogen and oxygen atoms in total. The number of anilines is 1. The maximum Gasteiger partial charge on any atom is 0.387 e. The quantitative estimate of drug-likeness (QED) is 0.898. The molecule has 6 heteroatoms. The predicted molar refractivity (Wildman–Crippen MR) is 76.6 cm³/mol. The van der Waals surface area contributed by atoms with Crippen LogP contribution < -0.4 is 15.4 Å². The van der Waals surface area contributed by atoms with Crippen LogP contribution in [-0.4, -0.2) is 25.1 Å². The lowest BCUT2D eigenvalue weighted by Gasteiger charge is -2.27. The Balaban J connectivity index is 2.03. The van der Waals surface area contributed by atoms with Crippen molar-refractivity contribution < 1.29 is 18.3 Å². The van der Waals surface area contributed by atoms with Crippen molar-refractivity contribution in [3.8, 4) is 5.75 Å². The number of amides is 1. The first kappa shape index (κ1) is 15.7. The molecule has 1 aromatic carbocycles. The first-order chi connectivity index (χ1) is 9.95. The van der Waals surface area contributed by atoms with E-state index in [-0.39, 0.29) is 17.6 Å². The van der Waals surface area contributed by atoms with E-state index in [1.165, 1.54) is 6.07 Å². The number of hydrogen-bond donors (Lipinski definition) is 2. The van der Waals surface area contributed by atoms with Crippen molar-refractivity contribution in [2.24, 2.45) is 5.92 Å². The highest BCUT2D eigenvalue weighted by molar-refractivity contribution is 5.92. The van der Waals surface area contributed by atoms with Crippen molar-refractivity contribution in [2.75, 3.05) is 11.9 Å². The summed E-state index contributed by atoms with van der Waals surface area (Å²) in [5.41, 5.74) is 1.08. The van der Waals surface area contributed by atoms with E-state index in [1.54, 1.807) is 19.1 Å². The lowest BCUT2D eigenvalue weighted by molar-refractivity contribution is -0.120. The summed E-state index contributed by atoms with van der Waals surface area (Å²) in [5.74, 6) is -0.0429. The van der Waals surface area contributed by atoms with Crippen LogP contribution in [-0.2, 0) is 4.79 Å². The van der Waals surface area contributed by atoms with Gasteiger partial charge in [-0.3, -0.25) is 4.79 Å². The van der Waals surface area contributed by atoms with Crippen LogP contribution in [0.15, 0.2) is 18.2 Å². The number of aryl methyl sites for hydroxylation is 1. The SMILES string of the molecule is Cc1ccc(NC(=O)[C@H]2CCN[C@@H](C)C2)cc1OC(F)F. The van der Waals surface area contributed by atoms with E-state index >= 15 is 0 Å². The molecule has 0 aliphatic carbocycles. The van der Waals surface area contributed by atoms with Gasteiger partial charge < -0.3 is 15.4 Å². The standard InChI is InChI=1S/C15H20F2N2O2/c1-9-3-4-12(8-13(9)21-15(16)17)19-14(20)11-5-6-18-10(2)7-11/h3-4,8,10-11,15,18H,5-7H2,1-2H3,(H,19,20)/t10-,11-/m0/s1. The minimum Gasteiger partial charge on any atom is -0.434 e. The van der Waals surface area contributed by atoms with Gasteiger partial charge in [-0.25, -0.2) is 0 Å². The third kappa shape index (κ3) is 4.39. The summed E-state index contributed by atoms with van der Waals surface area (Å²) < 4.78 is 29.1. The minimum atomic E-state index is -2.88. The maximum atomic E-state index is 12.3. The Morgan fingerprint density at radius 2 is 2.24 bits per heavy atom. The van der Waals surface area contributed by atoms with E-state index < -0.39 is 6.61 Å². The van der Waals surface area contributed by atoms with Gasteiger partial charge in [0.2, 0.25) is 5.91 Å². The number of carbonyl (C=O) groups is 1. The Morgan fingerprint density at radius 1 is 1.48 bits per heavy atom. The van der Waals surface area contributed by atoms with Gasteiger partial charge in [-0.15, -0.1) is 0 Å². The van der Waals surface area contributed by atoms with Crippen LogP contribution >= 0.6 is 0 Å². The molecule has 1 fully saturated rings. The number of carbonyl (C=O) groups excluding carboxylic acids is 1. The molecule has 0 bridgehead atoms. The molecular formula is C15H20F2N2O2. The van der Waals surface area contributed by atoms with E-state index in [2.05, 4.69) is 15.4 Å². The van der Waals surface area contributed by atoms with Crippen molar-refractivity contribution in [1.82, 2.24) is 5.32 Å². The van der Waals surface area contributed by atoms with Gasteiger partial charge in [-0.05, 0) is 44.9 Å². The molecule has 0 aromatic heterocycles. The Bertz CT molecular complexity index is 508. The second-order valence-electron chi connectivity index (χ2n) is 5.42. The van der Waals surface area contributed by atoms with Crippen LogP contribution in [0.25, 0.3) is 0 Å². The van der Waals surface area contributed by atoms with E-state index in [9.17, 15) is 13.6 Å². The summed E-state index contributed by atoms with van der Waals surface area (Å²) in [5, 5.41) is 6.07. The van der Waals surface area contributed by atoms with Gasteiger partial charge in [0.05, 0.1) is 0 Å². The van der Waals surface area contributed by atoms with Gasteiger partial charge >= 0.3 is 6.61 Å². The first-order valence-corrected chi connectivity index (χ1v) is 7.05. The molecule has 1 amide bonds. The first-order valence-electron chi connectivity index (χ1n) is 7.05. The summed E-state index contributed by atoms with van der Waals surface area (Å²) >= 11 is 0. The average molecular weight is 298 g/mol. The molecule has 2 atom stereocenters. The second kappa shape index (κ2) is 6.85. The molecule has 0 radical (unpaired) electrons. The van der Waals surface area contributed by atoms with Crippen LogP contribution in [0, 0.1) is 12.8 Å². The average Bonchev–Trinajstić information content (AvgIpc) is 2.42. The molecular weight excluding hydrogens is 278 g/mol. The van der Waals surface area contributed by atoms with Crippen LogP contribution in [0.5, 0.6) is 5.75 Å². The maximum absolute atomic E-state index is 12.3. The minimum absolute atomic E-state index is 0.0537. The van der Waals surface area contributed by atoms with Gasteiger partial charge in [0, 0.05) is 23.7 Å². The number of alkyl halides is 2. The van der Waals surface area contributed by atoms with Crippen LogP contribution in [0.1, 0.15) is 25.3 Å². The molecule has 1 aliphatic heterocycles. The van der Waals surface area contributed by atoms with Crippen molar-refractivity contribution in [1.29, 1.82) is 0 Å². The number of piperidine rings is 1. The molecule has 1 heterocycles. The number of halogens is 2. The molecule has 1 aliphatic rings. The Hall–Kier alpha value is -1.69. The predicted octanol–water partition coefficient (Wildman–Crippen LogP) is 2.92. The van der Waals surface area contributed by atoms with Crippen LogP contribution in [0.2, 0.25) is 0 Å². The van der Waals surface area contributed by atoms with Crippen LogP contribution in [0.3, 0.4) is 0 Å². The van der Waals surface area contributed by atoms with Crippen molar-refractivity contribution in [3.63, 3.8) is 0 Å². The zero-order valence-corrected chi connectivity index (χ0v) is 12.2. The fraction of sp³-hybridized carbons (Fsp3) is 0.533. The van der Waals surface area contributed by atoms with Crippen molar-refractivity contribution in [3.05, 3.63) is 23.8 Å². The number of hydrogen-bond acceptors (Lipinski definition) is 3.